The van der Waals surface area contributed by atoms with Gasteiger partial charge in [-0.1, -0.05) is 12.1 Å². The van der Waals surface area contributed by atoms with Crippen LogP contribution in [0, 0.1) is 0 Å². The van der Waals surface area contributed by atoms with Crippen molar-refractivity contribution in [2.45, 2.75) is 13.0 Å². The SMILES string of the molecule is NCCC(=O)NCc1cccc(N)c1. The third kappa shape index (κ3) is 3.45. The molecular formula is C10H15N3O. The first-order chi connectivity index (χ1) is 6.72. The first-order valence-electron chi connectivity index (χ1n) is 4.53. The Morgan fingerprint density at radius 3 is 2.86 bits per heavy atom. The van der Waals surface area contributed by atoms with Crippen LogP contribution in [0.5, 0.6) is 0 Å². The highest BCUT2D eigenvalue weighted by atomic mass is 16.1. The minimum absolute atomic E-state index is 0.0325. The number of amides is 1. The second kappa shape index (κ2) is 5.24. The highest BCUT2D eigenvalue weighted by molar-refractivity contribution is 5.76. The van der Waals surface area contributed by atoms with Crippen LogP contribution in [0.25, 0.3) is 0 Å². The molecule has 0 unspecified atom stereocenters. The van der Waals surface area contributed by atoms with E-state index in [0.29, 0.717) is 25.2 Å². The molecule has 0 fully saturated rings. The summed E-state index contributed by atoms with van der Waals surface area (Å²) in [6.45, 7) is 0.882. The third-order valence-corrected chi connectivity index (χ3v) is 1.81. The van der Waals surface area contributed by atoms with Crippen LogP contribution in [0.15, 0.2) is 24.3 Å². The smallest absolute Gasteiger partial charge is 0.221 e. The summed E-state index contributed by atoms with van der Waals surface area (Å²) in [4.78, 5) is 11.1. The molecule has 5 N–H and O–H groups in total. The van der Waals surface area contributed by atoms with Crippen molar-refractivity contribution in [2.24, 2.45) is 5.73 Å². The third-order valence-electron chi connectivity index (χ3n) is 1.81. The van der Waals surface area contributed by atoms with Gasteiger partial charge in [-0.3, -0.25) is 4.79 Å². The molecule has 0 heterocycles. The van der Waals surface area contributed by atoms with E-state index >= 15 is 0 Å². The number of carbonyl (C=O) groups excluding carboxylic acids is 1. The summed E-state index contributed by atoms with van der Waals surface area (Å²) >= 11 is 0. The molecule has 0 aliphatic carbocycles. The van der Waals surface area contributed by atoms with Gasteiger partial charge in [0.15, 0.2) is 0 Å². The van der Waals surface area contributed by atoms with Crippen LogP contribution < -0.4 is 16.8 Å². The van der Waals surface area contributed by atoms with Crippen LogP contribution in [0.3, 0.4) is 0 Å². The lowest BCUT2D eigenvalue weighted by Crippen LogP contribution is -2.24. The molecule has 4 nitrogen and oxygen atoms in total. The van der Waals surface area contributed by atoms with Gasteiger partial charge in [0.2, 0.25) is 5.91 Å². The van der Waals surface area contributed by atoms with Crippen LogP contribution >= 0.6 is 0 Å². The van der Waals surface area contributed by atoms with Crippen LogP contribution in [0.1, 0.15) is 12.0 Å². The fourth-order valence-corrected chi connectivity index (χ4v) is 1.12. The summed E-state index contributed by atoms with van der Waals surface area (Å²) in [5.41, 5.74) is 12.5. The maximum absolute atomic E-state index is 11.1. The maximum Gasteiger partial charge on any atom is 0.221 e. The monoisotopic (exact) mass is 193 g/mol. The van der Waals surface area contributed by atoms with E-state index in [1.807, 2.05) is 24.3 Å². The number of carbonyl (C=O) groups is 1. The molecule has 0 saturated heterocycles. The first kappa shape index (κ1) is 10.5. The molecule has 0 atom stereocenters. The Balaban J connectivity index is 2.41. The Bertz CT molecular complexity index is 312. The van der Waals surface area contributed by atoms with Gasteiger partial charge in [-0.05, 0) is 17.7 Å². The highest BCUT2D eigenvalue weighted by Crippen LogP contribution is 2.05. The van der Waals surface area contributed by atoms with Gasteiger partial charge >= 0.3 is 0 Å². The number of nitrogens with one attached hydrogen (secondary N) is 1. The zero-order chi connectivity index (χ0) is 10.4. The van der Waals surface area contributed by atoms with E-state index in [0.717, 1.165) is 5.56 Å². The molecule has 0 radical (unpaired) electrons. The predicted octanol–water partition coefficient (Wildman–Crippen LogP) is 0.234. The zero-order valence-corrected chi connectivity index (χ0v) is 7.99. The summed E-state index contributed by atoms with van der Waals surface area (Å²) in [5.74, 6) is -0.0325. The summed E-state index contributed by atoms with van der Waals surface area (Å²) < 4.78 is 0. The lowest BCUT2D eigenvalue weighted by molar-refractivity contribution is -0.121. The minimum atomic E-state index is -0.0325. The number of nitrogens with two attached hydrogens (primary N) is 2. The molecule has 1 amide bonds. The maximum atomic E-state index is 11.1. The summed E-state index contributed by atoms with van der Waals surface area (Å²) in [7, 11) is 0. The minimum Gasteiger partial charge on any atom is -0.399 e. The van der Waals surface area contributed by atoms with Gasteiger partial charge in [0.25, 0.3) is 0 Å². The molecule has 0 bridgehead atoms. The standard InChI is InChI=1S/C10H15N3O/c11-5-4-10(14)13-7-8-2-1-3-9(12)6-8/h1-3,6H,4-5,7,11-12H2,(H,13,14). The van der Waals surface area contributed by atoms with Gasteiger partial charge in [-0.2, -0.15) is 0 Å². The molecule has 0 aromatic heterocycles. The molecule has 1 aromatic carbocycles. The normalized spacial score (nSPS) is 9.79. The highest BCUT2D eigenvalue weighted by Gasteiger charge is 1.99. The van der Waals surface area contributed by atoms with E-state index in [4.69, 9.17) is 11.5 Å². The first-order valence-corrected chi connectivity index (χ1v) is 4.53. The summed E-state index contributed by atoms with van der Waals surface area (Å²) in [5, 5.41) is 2.75. The largest absolute Gasteiger partial charge is 0.399 e. The zero-order valence-electron chi connectivity index (χ0n) is 7.99. The Labute approximate surface area is 83.3 Å². The predicted molar refractivity (Wildman–Crippen MR) is 56.4 cm³/mol. The van der Waals surface area contributed by atoms with Crippen molar-refractivity contribution in [3.8, 4) is 0 Å². The van der Waals surface area contributed by atoms with Crippen molar-refractivity contribution < 1.29 is 4.79 Å². The molecule has 14 heavy (non-hydrogen) atoms. The van der Waals surface area contributed by atoms with Gasteiger partial charge in [0.1, 0.15) is 0 Å². The van der Waals surface area contributed by atoms with Gasteiger partial charge in [-0.15, -0.1) is 0 Å². The number of hydrogen-bond donors (Lipinski definition) is 3. The average Bonchev–Trinajstić information content (AvgIpc) is 2.15. The van der Waals surface area contributed by atoms with E-state index in [1.54, 1.807) is 0 Å². The topological polar surface area (TPSA) is 81.1 Å². The van der Waals surface area contributed by atoms with Crippen LogP contribution in [-0.2, 0) is 11.3 Å². The number of benzene rings is 1. The van der Waals surface area contributed by atoms with Crippen molar-refractivity contribution in [1.82, 2.24) is 5.32 Å². The molecule has 0 saturated carbocycles. The second-order valence-corrected chi connectivity index (χ2v) is 3.06. The van der Waals surface area contributed by atoms with E-state index < -0.39 is 0 Å². The fourth-order valence-electron chi connectivity index (χ4n) is 1.12. The number of rotatable bonds is 4. The molecule has 0 aliphatic heterocycles. The molecule has 76 valence electrons. The Morgan fingerprint density at radius 2 is 2.21 bits per heavy atom. The van der Waals surface area contributed by atoms with Crippen molar-refractivity contribution in [1.29, 1.82) is 0 Å². The van der Waals surface area contributed by atoms with Crippen molar-refractivity contribution in [2.75, 3.05) is 12.3 Å². The molecule has 1 rings (SSSR count). The van der Waals surface area contributed by atoms with Gasteiger partial charge < -0.3 is 16.8 Å². The van der Waals surface area contributed by atoms with Crippen LogP contribution in [0.4, 0.5) is 5.69 Å². The second-order valence-electron chi connectivity index (χ2n) is 3.06. The van der Waals surface area contributed by atoms with Crippen LogP contribution in [-0.4, -0.2) is 12.5 Å². The molecule has 1 aromatic rings. The van der Waals surface area contributed by atoms with E-state index in [-0.39, 0.29) is 5.91 Å². The van der Waals surface area contributed by atoms with Gasteiger partial charge in [0.05, 0.1) is 0 Å². The Kier molecular flexibility index (Phi) is 3.94. The summed E-state index contributed by atoms with van der Waals surface area (Å²) in [6.07, 6.45) is 0.363. The van der Waals surface area contributed by atoms with E-state index in [9.17, 15) is 4.79 Å². The number of hydrogen-bond acceptors (Lipinski definition) is 3. The van der Waals surface area contributed by atoms with Crippen LogP contribution in [0.2, 0.25) is 0 Å². The van der Waals surface area contributed by atoms with Gasteiger partial charge in [0, 0.05) is 25.2 Å². The summed E-state index contributed by atoms with van der Waals surface area (Å²) in [6, 6.07) is 7.42. The fraction of sp³-hybridized carbons (Fsp3) is 0.300. The lowest BCUT2D eigenvalue weighted by atomic mass is 10.2. The quantitative estimate of drug-likeness (QED) is 0.599. The molecular weight excluding hydrogens is 178 g/mol. The van der Waals surface area contributed by atoms with E-state index in [1.165, 1.54) is 0 Å². The Morgan fingerprint density at radius 1 is 1.43 bits per heavy atom. The van der Waals surface area contributed by atoms with Crippen molar-refractivity contribution in [3.05, 3.63) is 29.8 Å². The number of nitrogen functional groups attached to an aromatic ring is 1. The van der Waals surface area contributed by atoms with Gasteiger partial charge in [-0.25, -0.2) is 0 Å². The molecule has 0 aliphatic rings. The molecule has 0 spiro atoms. The van der Waals surface area contributed by atoms with E-state index in [2.05, 4.69) is 5.32 Å². The average molecular weight is 193 g/mol. The number of anilines is 1. The van der Waals surface area contributed by atoms with Crippen molar-refractivity contribution >= 4 is 11.6 Å². The lowest BCUT2D eigenvalue weighted by Gasteiger charge is -2.04. The molecule has 4 heteroatoms. The van der Waals surface area contributed by atoms with Crippen molar-refractivity contribution in [3.63, 3.8) is 0 Å². The Hall–Kier alpha value is -1.55.